The Bertz CT molecular complexity index is 323. The molecule has 0 amide bonds. The number of nitrogens with zero attached hydrogens (tertiary/aromatic N) is 2. The van der Waals surface area contributed by atoms with E-state index in [2.05, 4.69) is 10.4 Å². The van der Waals surface area contributed by atoms with Gasteiger partial charge in [-0.15, -0.1) is 0 Å². The summed E-state index contributed by atoms with van der Waals surface area (Å²) in [5.41, 5.74) is 2.12. The molecule has 0 spiro atoms. The van der Waals surface area contributed by atoms with Crippen LogP contribution in [0, 0.1) is 6.92 Å². The molecule has 0 unspecified atom stereocenters. The molecule has 0 saturated heterocycles. The van der Waals surface area contributed by atoms with Crippen LogP contribution in [0.2, 0.25) is 0 Å². The quantitative estimate of drug-likeness (QED) is 0.702. The van der Waals surface area contributed by atoms with Gasteiger partial charge in [0.15, 0.2) is 0 Å². The van der Waals surface area contributed by atoms with Gasteiger partial charge < -0.3 is 14.8 Å². The largest absolute Gasteiger partial charge is 0.481 e. The standard InChI is InChI=1S/C11H21N3O2/c1-5-16-7-6-12-8-10-9(2)13-14(3)11(10)15-4/h12H,5-8H2,1-4H3. The van der Waals surface area contributed by atoms with Gasteiger partial charge in [0.2, 0.25) is 5.88 Å². The van der Waals surface area contributed by atoms with Gasteiger partial charge in [-0.1, -0.05) is 0 Å². The Hall–Kier alpha value is -1.07. The van der Waals surface area contributed by atoms with Crippen molar-refractivity contribution >= 4 is 0 Å². The summed E-state index contributed by atoms with van der Waals surface area (Å²) in [6, 6.07) is 0. The molecule has 5 nitrogen and oxygen atoms in total. The van der Waals surface area contributed by atoms with Crippen LogP contribution in [0.4, 0.5) is 0 Å². The first kappa shape index (κ1) is 13.0. The molecule has 1 aromatic heterocycles. The molecule has 1 heterocycles. The van der Waals surface area contributed by atoms with Crippen LogP contribution in [0.3, 0.4) is 0 Å². The molecule has 0 atom stereocenters. The van der Waals surface area contributed by atoms with Crippen LogP contribution in [-0.2, 0) is 18.3 Å². The highest BCUT2D eigenvalue weighted by molar-refractivity contribution is 5.30. The maximum absolute atomic E-state index is 5.30. The average molecular weight is 227 g/mol. The number of hydrogen-bond donors (Lipinski definition) is 1. The minimum atomic E-state index is 0.734. The van der Waals surface area contributed by atoms with Gasteiger partial charge in [0.05, 0.1) is 25.0 Å². The van der Waals surface area contributed by atoms with E-state index < -0.39 is 0 Å². The number of hydrogen-bond acceptors (Lipinski definition) is 4. The van der Waals surface area contributed by atoms with Crippen molar-refractivity contribution in [2.24, 2.45) is 7.05 Å². The zero-order valence-electron chi connectivity index (χ0n) is 10.5. The molecule has 5 heteroatoms. The first-order chi connectivity index (χ1) is 7.70. The molecule has 1 aromatic rings. The van der Waals surface area contributed by atoms with Crippen LogP contribution in [0.25, 0.3) is 0 Å². The summed E-state index contributed by atoms with van der Waals surface area (Å²) >= 11 is 0. The van der Waals surface area contributed by atoms with Gasteiger partial charge in [0.25, 0.3) is 0 Å². The number of methoxy groups -OCH3 is 1. The van der Waals surface area contributed by atoms with E-state index in [0.29, 0.717) is 0 Å². The lowest BCUT2D eigenvalue weighted by atomic mass is 10.2. The van der Waals surface area contributed by atoms with Crippen molar-refractivity contribution < 1.29 is 9.47 Å². The highest BCUT2D eigenvalue weighted by Gasteiger charge is 2.12. The second-order valence-electron chi connectivity index (χ2n) is 3.57. The molecule has 0 aliphatic heterocycles. The normalized spacial score (nSPS) is 10.8. The molecule has 1 rings (SSSR count). The fraction of sp³-hybridized carbons (Fsp3) is 0.727. The fourth-order valence-corrected chi connectivity index (χ4v) is 1.64. The Kier molecular flexibility index (Phi) is 5.28. The van der Waals surface area contributed by atoms with Crippen molar-refractivity contribution in [1.29, 1.82) is 0 Å². The lowest BCUT2D eigenvalue weighted by Gasteiger charge is -2.06. The third kappa shape index (κ3) is 3.21. The van der Waals surface area contributed by atoms with Crippen molar-refractivity contribution in [3.05, 3.63) is 11.3 Å². The van der Waals surface area contributed by atoms with E-state index in [1.807, 2.05) is 20.9 Å². The van der Waals surface area contributed by atoms with Crippen LogP contribution in [0.1, 0.15) is 18.2 Å². The smallest absolute Gasteiger partial charge is 0.216 e. The topological polar surface area (TPSA) is 48.3 Å². The number of aromatic nitrogens is 2. The van der Waals surface area contributed by atoms with E-state index in [9.17, 15) is 0 Å². The molecule has 16 heavy (non-hydrogen) atoms. The van der Waals surface area contributed by atoms with Crippen molar-refractivity contribution in [3.8, 4) is 5.88 Å². The predicted octanol–water partition coefficient (Wildman–Crippen LogP) is 0.863. The summed E-state index contributed by atoms with van der Waals surface area (Å²) in [6.07, 6.45) is 0. The van der Waals surface area contributed by atoms with Gasteiger partial charge in [0, 0.05) is 26.7 Å². The lowest BCUT2D eigenvalue weighted by molar-refractivity contribution is 0.149. The van der Waals surface area contributed by atoms with Crippen molar-refractivity contribution in [2.75, 3.05) is 26.9 Å². The third-order valence-electron chi connectivity index (χ3n) is 2.41. The Morgan fingerprint density at radius 2 is 2.19 bits per heavy atom. The number of nitrogens with one attached hydrogen (secondary N) is 1. The van der Waals surface area contributed by atoms with Gasteiger partial charge in [-0.3, -0.25) is 0 Å². The molecule has 92 valence electrons. The van der Waals surface area contributed by atoms with Gasteiger partial charge >= 0.3 is 0 Å². The number of aryl methyl sites for hydroxylation is 2. The summed E-state index contributed by atoms with van der Waals surface area (Å²) < 4.78 is 12.3. The van der Waals surface area contributed by atoms with Gasteiger partial charge in [-0.2, -0.15) is 5.10 Å². The highest BCUT2D eigenvalue weighted by atomic mass is 16.5. The van der Waals surface area contributed by atoms with E-state index >= 15 is 0 Å². The first-order valence-electron chi connectivity index (χ1n) is 5.55. The van der Waals surface area contributed by atoms with Crippen molar-refractivity contribution in [3.63, 3.8) is 0 Å². The van der Waals surface area contributed by atoms with Crippen molar-refractivity contribution in [1.82, 2.24) is 15.1 Å². The number of rotatable bonds is 7. The zero-order valence-corrected chi connectivity index (χ0v) is 10.5. The van der Waals surface area contributed by atoms with Crippen LogP contribution in [0.5, 0.6) is 5.88 Å². The molecule has 0 aliphatic rings. The van der Waals surface area contributed by atoms with E-state index in [-0.39, 0.29) is 0 Å². The third-order valence-corrected chi connectivity index (χ3v) is 2.41. The molecule has 0 aromatic carbocycles. The van der Waals surface area contributed by atoms with Gasteiger partial charge in [-0.25, -0.2) is 4.68 Å². The second-order valence-corrected chi connectivity index (χ2v) is 3.57. The van der Waals surface area contributed by atoms with E-state index in [0.717, 1.165) is 43.4 Å². The monoisotopic (exact) mass is 227 g/mol. The highest BCUT2D eigenvalue weighted by Crippen LogP contribution is 2.20. The molecular weight excluding hydrogens is 206 g/mol. The maximum Gasteiger partial charge on any atom is 0.216 e. The van der Waals surface area contributed by atoms with E-state index in [1.54, 1.807) is 11.8 Å². The van der Waals surface area contributed by atoms with Gasteiger partial charge in [0.1, 0.15) is 0 Å². The summed E-state index contributed by atoms with van der Waals surface area (Å²) in [4.78, 5) is 0. The molecule has 0 bridgehead atoms. The lowest BCUT2D eigenvalue weighted by Crippen LogP contribution is -2.19. The minimum Gasteiger partial charge on any atom is -0.481 e. The first-order valence-corrected chi connectivity index (χ1v) is 5.55. The summed E-state index contributed by atoms with van der Waals surface area (Å²) in [5, 5.41) is 7.62. The molecule has 0 saturated carbocycles. The predicted molar refractivity (Wildman–Crippen MR) is 62.7 cm³/mol. The van der Waals surface area contributed by atoms with Gasteiger partial charge in [-0.05, 0) is 13.8 Å². The SMILES string of the molecule is CCOCCNCc1c(C)nn(C)c1OC. The molecule has 1 N–H and O–H groups in total. The number of ether oxygens (including phenoxy) is 2. The fourth-order valence-electron chi connectivity index (χ4n) is 1.64. The Balaban J connectivity index is 2.46. The molecular formula is C11H21N3O2. The maximum atomic E-state index is 5.30. The summed E-state index contributed by atoms with van der Waals surface area (Å²) in [6.45, 7) is 7.08. The molecule has 0 radical (unpaired) electrons. The Morgan fingerprint density at radius 3 is 2.81 bits per heavy atom. The Morgan fingerprint density at radius 1 is 1.44 bits per heavy atom. The molecule has 0 fully saturated rings. The van der Waals surface area contributed by atoms with E-state index in [4.69, 9.17) is 9.47 Å². The van der Waals surface area contributed by atoms with Crippen LogP contribution >= 0.6 is 0 Å². The summed E-state index contributed by atoms with van der Waals surface area (Å²) in [5.74, 6) is 0.821. The van der Waals surface area contributed by atoms with Crippen LogP contribution in [0.15, 0.2) is 0 Å². The van der Waals surface area contributed by atoms with Crippen molar-refractivity contribution in [2.45, 2.75) is 20.4 Å². The summed E-state index contributed by atoms with van der Waals surface area (Å²) in [7, 11) is 3.55. The molecule has 0 aliphatic carbocycles. The van der Waals surface area contributed by atoms with Crippen LogP contribution in [-0.4, -0.2) is 36.6 Å². The average Bonchev–Trinajstić information content (AvgIpc) is 2.53. The second kappa shape index (κ2) is 6.50. The Labute approximate surface area is 96.7 Å². The minimum absolute atomic E-state index is 0.734. The van der Waals surface area contributed by atoms with Crippen LogP contribution < -0.4 is 10.1 Å². The zero-order chi connectivity index (χ0) is 12.0. The van der Waals surface area contributed by atoms with E-state index in [1.165, 1.54) is 0 Å².